The topological polar surface area (TPSA) is 94.6 Å². The van der Waals surface area contributed by atoms with Crippen molar-refractivity contribution in [2.24, 2.45) is 5.92 Å². The molecular formula is C24H31N5O3. The van der Waals surface area contributed by atoms with Crippen molar-refractivity contribution in [3.8, 4) is 0 Å². The third-order valence-electron chi connectivity index (χ3n) is 5.62. The maximum Gasteiger partial charge on any atom is 0.317 e. The van der Waals surface area contributed by atoms with E-state index in [2.05, 4.69) is 15.6 Å². The summed E-state index contributed by atoms with van der Waals surface area (Å²) in [7, 11) is 1.72. The van der Waals surface area contributed by atoms with Crippen LogP contribution in [0.25, 0.3) is 0 Å². The van der Waals surface area contributed by atoms with Crippen molar-refractivity contribution in [1.82, 2.24) is 20.1 Å². The molecule has 8 heteroatoms. The van der Waals surface area contributed by atoms with Gasteiger partial charge in [0.2, 0.25) is 11.8 Å². The molecule has 1 aliphatic heterocycles. The van der Waals surface area contributed by atoms with Crippen molar-refractivity contribution < 1.29 is 14.4 Å². The van der Waals surface area contributed by atoms with Gasteiger partial charge in [0.25, 0.3) is 0 Å². The number of urea groups is 1. The SMILES string of the molecule is Cc1cccnc1NC(=O)C1CCCN(C(=O)CCNC(=O)N(C)Cc2ccccc2)C1. The lowest BCUT2D eigenvalue weighted by Crippen LogP contribution is -2.45. The van der Waals surface area contributed by atoms with Gasteiger partial charge in [-0.1, -0.05) is 36.4 Å². The smallest absolute Gasteiger partial charge is 0.317 e. The Morgan fingerprint density at radius 1 is 1.16 bits per heavy atom. The fraction of sp³-hybridized carbons (Fsp3) is 0.417. The standard InChI is InChI=1S/C24H31N5O3/c1-18-8-6-13-25-22(18)27-23(31)20-11-7-15-29(17-20)21(30)12-14-26-24(32)28(2)16-19-9-4-3-5-10-19/h3-6,8-10,13,20H,7,11-12,14-17H2,1-2H3,(H,26,32)(H,25,27,31). The van der Waals surface area contributed by atoms with E-state index < -0.39 is 0 Å². The molecule has 4 amide bonds. The third-order valence-corrected chi connectivity index (χ3v) is 5.62. The molecule has 0 saturated carbocycles. The molecule has 0 aliphatic carbocycles. The van der Waals surface area contributed by atoms with Crippen LogP contribution < -0.4 is 10.6 Å². The number of nitrogens with zero attached hydrogens (tertiary/aromatic N) is 3. The van der Waals surface area contributed by atoms with Crippen molar-refractivity contribution >= 4 is 23.7 Å². The van der Waals surface area contributed by atoms with Gasteiger partial charge in [-0.3, -0.25) is 9.59 Å². The lowest BCUT2D eigenvalue weighted by Gasteiger charge is -2.32. The van der Waals surface area contributed by atoms with E-state index in [4.69, 9.17) is 0 Å². The van der Waals surface area contributed by atoms with Gasteiger partial charge in [0, 0.05) is 45.8 Å². The van der Waals surface area contributed by atoms with E-state index in [-0.39, 0.29) is 36.7 Å². The van der Waals surface area contributed by atoms with Gasteiger partial charge < -0.3 is 20.4 Å². The van der Waals surface area contributed by atoms with Crippen LogP contribution in [0.3, 0.4) is 0 Å². The predicted octanol–water partition coefficient (Wildman–Crippen LogP) is 2.80. The average molecular weight is 438 g/mol. The van der Waals surface area contributed by atoms with Gasteiger partial charge in [0.05, 0.1) is 5.92 Å². The first-order chi connectivity index (χ1) is 15.4. The maximum absolute atomic E-state index is 12.7. The Morgan fingerprint density at radius 3 is 2.69 bits per heavy atom. The number of aryl methyl sites for hydroxylation is 1. The predicted molar refractivity (Wildman–Crippen MR) is 123 cm³/mol. The molecule has 2 N–H and O–H groups in total. The Balaban J connectivity index is 1.42. The lowest BCUT2D eigenvalue weighted by atomic mass is 9.96. The number of nitrogens with one attached hydrogen (secondary N) is 2. The number of carbonyl (C=O) groups is 3. The quantitative estimate of drug-likeness (QED) is 0.696. The van der Waals surface area contributed by atoms with Crippen LogP contribution in [0, 0.1) is 12.8 Å². The van der Waals surface area contributed by atoms with E-state index in [0.29, 0.717) is 25.5 Å². The number of pyridine rings is 1. The molecular weight excluding hydrogens is 406 g/mol. The van der Waals surface area contributed by atoms with Gasteiger partial charge in [-0.25, -0.2) is 9.78 Å². The van der Waals surface area contributed by atoms with Crippen LogP contribution in [-0.2, 0) is 16.1 Å². The Kier molecular flexibility index (Phi) is 8.19. The summed E-state index contributed by atoms with van der Waals surface area (Å²) in [6.07, 6.45) is 3.36. The Hall–Kier alpha value is -3.42. The van der Waals surface area contributed by atoms with Crippen molar-refractivity contribution in [2.75, 3.05) is 32.0 Å². The second-order valence-electron chi connectivity index (χ2n) is 8.16. The fourth-order valence-electron chi connectivity index (χ4n) is 3.75. The zero-order valence-corrected chi connectivity index (χ0v) is 18.7. The summed E-state index contributed by atoms with van der Waals surface area (Å²) >= 11 is 0. The molecule has 0 bridgehead atoms. The number of hydrogen-bond acceptors (Lipinski definition) is 4. The van der Waals surface area contributed by atoms with Crippen LogP contribution in [0.15, 0.2) is 48.7 Å². The van der Waals surface area contributed by atoms with E-state index >= 15 is 0 Å². The van der Waals surface area contributed by atoms with Gasteiger partial charge in [-0.05, 0) is 37.0 Å². The normalized spacial score (nSPS) is 15.7. The summed E-state index contributed by atoms with van der Waals surface area (Å²) < 4.78 is 0. The molecule has 1 aliphatic rings. The van der Waals surface area contributed by atoms with E-state index in [0.717, 1.165) is 24.0 Å². The lowest BCUT2D eigenvalue weighted by molar-refractivity contribution is -0.134. The molecule has 2 aromatic rings. The number of carbonyl (C=O) groups excluding carboxylic acids is 3. The van der Waals surface area contributed by atoms with Crippen molar-refractivity contribution in [1.29, 1.82) is 0 Å². The van der Waals surface area contributed by atoms with E-state index in [9.17, 15) is 14.4 Å². The summed E-state index contributed by atoms with van der Waals surface area (Å²) in [5, 5.41) is 5.68. The maximum atomic E-state index is 12.7. The van der Waals surface area contributed by atoms with E-state index in [1.807, 2.05) is 49.4 Å². The number of aromatic nitrogens is 1. The summed E-state index contributed by atoms with van der Waals surface area (Å²) in [4.78, 5) is 45.1. The van der Waals surface area contributed by atoms with Crippen LogP contribution in [0.2, 0.25) is 0 Å². The van der Waals surface area contributed by atoms with E-state index in [1.165, 1.54) is 0 Å². The van der Waals surface area contributed by atoms with Gasteiger partial charge in [0.15, 0.2) is 0 Å². The second-order valence-corrected chi connectivity index (χ2v) is 8.16. The average Bonchev–Trinajstić information content (AvgIpc) is 2.81. The largest absolute Gasteiger partial charge is 0.342 e. The Morgan fingerprint density at radius 2 is 1.94 bits per heavy atom. The first kappa shape index (κ1) is 23.2. The molecule has 8 nitrogen and oxygen atoms in total. The van der Waals surface area contributed by atoms with Crippen LogP contribution in [-0.4, -0.2) is 59.3 Å². The third kappa shape index (κ3) is 6.54. The van der Waals surface area contributed by atoms with Crippen LogP contribution in [0.1, 0.15) is 30.4 Å². The minimum atomic E-state index is -0.263. The van der Waals surface area contributed by atoms with Crippen LogP contribution in [0.5, 0.6) is 0 Å². The summed E-state index contributed by atoms with van der Waals surface area (Å²) in [5.41, 5.74) is 1.94. The zero-order chi connectivity index (χ0) is 22.9. The van der Waals surface area contributed by atoms with Crippen LogP contribution >= 0.6 is 0 Å². The highest BCUT2D eigenvalue weighted by Crippen LogP contribution is 2.20. The number of piperidine rings is 1. The molecule has 170 valence electrons. The number of likely N-dealkylation sites (tertiary alicyclic amines) is 1. The molecule has 1 aromatic carbocycles. The molecule has 3 rings (SSSR count). The molecule has 0 spiro atoms. The van der Waals surface area contributed by atoms with Crippen molar-refractivity contribution in [3.63, 3.8) is 0 Å². The van der Waals surface area contributed by atoms with Gasteiger partial charge >= 0.3 is 6.03 Å². The molecule has 0 radical (unpaired) electrons. The summed E-state index contributed by atoms with van der Waals surface area (Å²) in [6, 6.07) is 13.2. The summed E-state index contributed by atoms with van der Waals surface area (Å²) in [5.74, 6) is 0.131. The monoisotopic (exact) mass is 437 g/mol. The minimum absolute atomic E-state index is 0.0532. The highest BCUT2D eigenvalue weighted by Gasteiger charge is 2.28. The molecule has 1 atom stereocenters. The molecule has 1 aromatic heterocycles. The molecule has 32 heavy (non-hydrogen) atoms. The Labute approximate surface area is 189 Å². The van der Waals surface area contributed by atoms with Gasteiger partial charge in [-0.2, -0.15) is 0 Å². The Bertz CT molecular complexity index is 934. The number of hydrogen-bond donors (Lipinski definition) is 2. The van der Waals surface area contributed by atoms with Crippen LogP contribution in [0.4, 0.5) is 10.6 Å². The first-order valence-electron chi connectivity index (χ1n) is 11.0. The zero-order valence-electron chi connectivity index (χ0n) is 18.7. The van der Waals surface area contributed by atoms with E-state index in [1.54, 1.807) is 23.0 Å². The highest BCUT2D eigenvalue weighted by atomic mass is 16.2. The summed E-state index contributed by atoms with van der Waals surface area (Å²) in [6.45, 7) is 3.67. The molecule has 2 heterocycles. The second kappa shape index (κ2) is 11.3. The minimum Gasteiger partial charge on any atom is -0.342 e. The first-order valence-corrected chi connectivity index (χ1v) is 11.0. The number of anilines is 1. The molecule has 1 saturated heterocycles. The number of benzene rings is 1. The fourth-order valence-corrected chi connectivity index (χ4v) is 3.75. The van der Waals surface area contributed by atoms with Gasteiger partial charge in [0.1, 0.15) is 5.82 Å². The number of rotatable bonds is 7. The van der Waals surface area contributed by atoms with Gasteiger partial charge in [-0.15, -0.1) is 0 Å². The molecule has 1 unspecified atom stereocenters. The number of amides is 4. The highest BCUT2D eigenvalue weighted by molar-refractivity contribution is 5.93. The van der Waals surface area contributed by atoms with Crippen molar-refractivity contribution in [3.05, 3.63) is 59.8 Å². The molecule has 1 fully saturated rings. The van der Waals surface area contributed by atoms with Crippen molar-refractivity contribution in [2.45, 2.75) is 32.7 Å².